The molecule has 13 heavy (non-hydrogen) atoms. The molecule has 3 unspecified atom stereocenters. The van der Waals surface area contributed by atoms with Gasteiger partial charge in [0.25, 0.3) is 0 Å². The van der Waals surface area contributed by atoms with E-state index in [1.165, 1.54) is 0 Å². The summed E-state index contributed by atoms with van der Waals surface area (Å²) in [5.41, 5.74) is 0. The van der Waals surface area contributed by atoms with Gasteiger partial charge in [0.1, 0.15) is 5.76 Å². The monoisotopic (exact) mass is 183 g/mol. The van der Waals surface area contributed by atoms with Crippen LogP contribution in [0.2, 0.25) is 0 Å². The maximum Gasteiger partial charge on any atom is 0.207 e. The average molecular weight is 183 g/mol. The molecule has 0 aromatic heterocycles. The molecule has 2 N–H and O–H groups in total. The van der Waals surface area contributed by atoms with Crippen molar-refractivity contribution in [1.29, 1.82) is 0 Å². The van der Waals surface area contributed by atoms with Crippen LogP contribution in [0.1, 0.15) is 13.8 Å². The highest BCUT2D eigenvalue weighted by atomic mass is 16.8. The van der Waals surface area contributed by atoms with Crippen molar-refractivity contribution in [3.63, 3.8) is 0 Å². The first kappa shape index (κ1) is 7.64. The fourth-order valence-corrected chi connectivity index (χ4v) is 2.39. The summed E-state index contributed by atoms with van der Waals surface area (Å²) in [7, 11) is 0. The molecule has 0 bridgehead atoms. The lowest BCUT2D eigenvalue weighted by Gasteiger charge is -2.35. The summed E-state index contributed by atoms with van der Waals surface area (Å²) in [6, 6.07) is 0. The molecule has 2 fully saturated rings. The Morgan fingerprint density at radius 2 is 2.38 bits per heavy atom. The van der Waals surface area contributed by atoms with Gasteiger partial charge >= 0.3 is 0 Å². The van der Waals surface area contributed by atoms with Crippen LogP contribution in [0.25, 0.3) is 0 Å². The van der Waals surface area contributed by atoms with Gasteiger partial charge in [-0.2, -0.15) is 0 Å². The van der Waals surface area contributed by atoms with Crippen molar-refractivity contribution in [2.45, 2.75) is 25.4 Å². The SMILES string of the molecule is CC1(C)OC2=CNCC3C2C3(O)O1. The summed E-state index contributed by atoms with van der Waals surface area (Å²) in [5.74, 6) is -0.638. The molecule has 0 aromatic carbocycles. The van der Waals surface area contributed by atoms with Crippen LogP contribution in [0.3, 0.4) is 0 Å². The van der Waals surface area contributed by atoms with E-state index in [9.17, 15) is 5.11 Å². The lowest BCUT2D eigenvalue weighted by atomic mass is 10.2. The van der Waals surface area contributed by atoms with Crippen molar-refractivity contribution in [1.82, 2.24) is 5.32 Å². The van der Waals surface area contributed by atoms with E-state index in [2.05, 4.69) is 5.32 Å². The number of aliphatic hydroxyl groups is 1. The van der Waals surface area contributed by atoms with Crippen LogP contribution in [0.4, 0.5) is 0 Å². The van der Waals surface area contributed by atoms with Gasteiger partial charge in [-0.3, -0.25) is 0 Å². The zero-order valence-corrected chi connectivity index (χ0v) is 7.70. The molecule has 0 amide bonds. The van der Waals surface area contributed by atoms with Gasteiger partial charge in [0.15, 0.2) is 5.79 Å². The summed E-state index contributed by atoms with van der Waals surface area (Å²) in [5, 5.41) is 13.2. The minimum atomic E-state index is -0.975. The highest BCUT2D eigenvalue weighted by Gasteiger charge is 2.73. The molecular formula is C9H13NO3. The molecule has 1 aliphatic carbocycles. The summed E-state index contributed by atoms with van der Waals surface area (Å²) < 4.78 is 11.1. The van der Waals surface area contributed by atoms with E-state index >= 15 is 0 Å². The van der Waals surface area contributed by atoms with Crippen LogP contribution in [0.5, 0.6) is 0 Å². The Bertz CT molecular complexity index is 299. The van der Waals surface area contributed by atoms with Crippen LogP contribution in [0, 0.1) is 11.8 Å². The van der Waals surface area contributed by atoms with Gasteiger partial charge in [0, 0.05) is 32.5 Å². The Morgan fingerprint density at radius 1 is 1.62 bits per heavy atom. The van der Waals surface area contributed by atoms with E-state index in [4.69, 9.17) is 9.47 Å². The first-order valence-corrected chi connectivity index (χ1v) is 4.58. The molecule has 0 radical (unpaired) electrons. The Labute approximate surface area is 76.5 Å². The Morgan fingerprint density at radius 3 is 3.15 bits per heavy atom. The minimum absolute atomic E-state index is 0.0572. The zero-order valence-electron chi connectivity index (χ0n) is 7.70. The third-order valence-corrected chi connectivity index (χ3v) is 2.93. The Balaban J connectivity index is 2.01. The van der Waals surface area contributed by atoms with Crippen LogP contribution in [-0.4, -0.2) is 23.2 Å². The van der Waals surface area contributed by atoms with Crippen LogP contribution in [-0.2, 0) is 9.47 Å². The molecule has 1 saturated heterocycles. The highest BCUT2D eigenvalue weighted by molar-refractivity contribution is 5.26. The van der Waals surface area contributed by atoms with Crippen LogP contribution in [0.15, 0.2) is 12.0 Å². The Kier molecular flexibility index (Phi) is 1.09. The summed E-state index contributed by atoms with van der Waals surface area (Å²) in [6.07, 6.45) is 1.84. The van der Waals surface area contributed by atoms with Gasteiger partial charge < -0.3 is 19.9 Å². The molecule has 3 aliphatic rings. The van der Waals surface area contributed by atoms with Crippen molar-refractivity contribution in [2.24, 2.45) is 11.8 Å². The van der Waals surface area contributed by atoms with Crippen LogP contribution >= 0.6 is 0 Å². The van der Waals surface area contributed by atoms with Gasteiger partial charge in [-0.15, -0.1) is 0 Å². The summed E-state index contributed by atoms with van der Waals surface area (Å²) in [4.78, 5) is 0. The number of fused-ring (bicyclic) bond motifs is 1. The minimum Gasteiger partial charge on any atom is -0.465 e. The molecule has 4 heteroatoms. The third kappa shape index (κ3) is 0.823. The smallest absolute Gasteiger partial charge is 0.207 e. The number of ether oxygens (including phenoxy) is 2. The first-order chi connectivity index (χ1) is 6.03. The second-order valence-corrected chi connectivity index (χ2v) is 4.39. The highest BCUT2D eigenvalue weighted by Crippen LogP contribution is 2.61. The van der Waals surface area contributed by atoms with Gasteiger partial charge in [-0.1, -0.05) is 0 Å². The van der Waals surface area contributed by atoms with Crippen molar-refractivity contribution in [3.05, 3.63) is 12.0 Å². The number of rotatable bonds is 0. The lowest BCUT2D eigenvalue weighted by molar-refractivity contribution is -0.313. The summed E-state index contributed by atoms with van der Waals surface area (Å²) >= 11 is 0. The van der Waals surface area contributed by atoms with Gasteiger partial charge in [0.05, 0.1) is 5.92 Å². The quantitative estimate of drug-likeness (QED) is 0.561. The zero-order chi connectivity index (χ0) is 9.27. The molecule has 4 nitrogen and oxygen atoms in total. The van der Waals surface area contributed by atoms with Crippen LogP contribution < -0.4 is 5.32 Å². The van der Waals surface area contributed by atoms with E-state index < -0.39 is 11.6 Å². The fraction of sp³-hybridized carbons (Fsp3) is 0.778. The molecule has 0 spiro atoms. The fourth-order valence-electron chi connectivity index (χ4n) is 2.39. The normalized spacial score (nSPS) is 49.6. The van der Waals surface area contributed by atoms with Crippen molar-refractivity contribution < 1.29 is 14.6 Å². The predicted octanol–water partition coefficient (Wildman–Crippen LogP) is 0.148. The van der Waals surface area contributed by atoms with E-state index in [1.54, 1.807) is 0 Å². The standard InChI is InChI=1S/C9H13NO3/c1-8(2)12-6-4-10-3-5-7(6)9(5,11)13-8/h4-5,7,10-11H,3H2,1-2H3. The second-order valence-electron chi connectivity index (χ2n) is 4.39. The maximum atomic E-state index is 10.1. The van der Waals surface area contributed by atoms with E-state index in [-0.39, 0.29) is 11.8 Å². The van der Waals surface area contributed by atoms with Crippen molar-refractivity contribution in [3.8, 4) is 0 Å². The van der Waals surface area contributed by atoms with Crippen molar-refractivity contribution in [2.75, 3.05) is 6.54 Å². The van der Waals surface area contributed by atoms with E-state index in [0.29, 0.717) is 0 Å². The maximum absolute atomic E-state index is 10.1. The first-order valence-electron chi connectivity index (χ1n) is 4.58. The largest absolute Gasteiger partial charge is 0.465 e. The molecule has 2 heterocycles. The molecule has 3 atom stereocenters. The van der Waals surface area contributed by atoms with Gasteiger partial charge in [-0.25, -0.2) is 0 Å². The Hall–Kier alpha value is -0.740. The molecule has 3 rings (SSSR count). The molecule has 72 valence electrons. The third-order valence-electron chi connectivity index (χ3n) is 2.93. The summed E-state index contributed by atoms with van der Waals surface area (Å²) in [6.45, 7) is 4.40. The van der Waals surface area contributed by atoms with E-state index in [0.717, 1.165) is 12.3 Å². The van der Waals surface area contributed by atoms with E-state index in [1.807, 2.05) is 20.0 Å². The van der Waals surface area contributed by atoms with Crippen molar-refractivity contribution >= 4 is 0 Å². The molecule has 0 aromatic rings. The number of nitrogens with one attached hydrogen (secondary N) is 1. The molecule has 2 aliphatic heterocycles. The molecule has 1 saturated carbocycles. The average Bonchev–Trinajstić information content (AvgIpc) is 2.55. The number of hydrogen-bond acceptors (Lipinski definition) is 4. The topological polar surface area (TPSA) is 50.7 Å². The lowest BCUT2D eigenvalue weighted by Crippen LogP contribution is -2.40. The number of hydrogen-bond donors (Lipinski definition) is 2. The predicted molar refractivity (Wildman–Crippen MR) is 44.3 cm³/mol. The van der Waals surface area contributed by atoms with Gasteiger partial charge in [0.2, 0.25) is 5.79 Å². The molecular weight excluding hydrogens is 170 g/mol. The van der Waals surface area contributed by atoms with Gasteiger partial charge in [-0.05, 0) is 0 Å². The second kappa shape index (κ2) is 1.86.